The summed E-state index contributed by atoms with van der Waals surface area (Å²) in [5.41, 5.74) is 7.48. The Morgan fingerprint density at radius 2 is 1.83 bits per heavy atom. The molecule has 3 aromatic rings. The number of carbonyl (C=O) groups excluding carboxylic acids is 1. The number of nitrogens with one attached hydrogen (secondary N) is 1. The minimum Gasteiger partial charge on any atom is -0.316 e. The van der Waals surface area contributed by atoms with Crippen LogP contribution in [0.3, 0.4) is 0 Å². The zero-order valence-corrected chi connectivity index (χ0v) is 19.6. The molecular formula is C23H23Cl2N3OS. The van der Waals surface area contributed by atoms with E-state index >= 15 is 0 Å². The highest BCUT2D eigenvalue weighted by Gasteiger charge is 2.15. The minimum atomic E-state index is -0.262. The molecule has 1 N–H and O–H groups in total. The highest BCUT2D eigenvalue weighted by Crippen LogP contribution is 2.31. The number of hydrazone groups is 1. The topological polar surface area (TPSA) is 46.4 Å². The maximum atomic E-state index is 12.4. The van der Waals surface area contributed by atoms with Gasteiger partial charge in [-0.15, -0.1) is 11.8 Å². The third-order valence-electron chi connectivity index (χ3n) is 4.72. The molecule has 1 heterocycles. The van der Waals surface area contributed by atoms with Gasteiger partial charge in [0.25, 0.3) is 5.91 Å². The number of benzene rings is 2. The molecule has 0 bridgehead atoms. The van der Waals surface area contributed by atoms with Crippen LogP contribution < -0.4 is 5.43 Å². The zero-order valence-electron chi connectivity index (χ0n) is 17.2. The Labute approximate surface area is 191 Å². The van der Waals surface area contributed by atoms with E-state index in [1.54, 1.807) is 12.3 Å². The lowest BCUT2D eigenvalue weighted by molar-refractivity contribution is -0.120. The van der Waals surface area contributed by atoms with E-state index in [1.807, 2.05) is 74.7 Å². The normalized spacial score (nSPS) is 12.3. The van der Waals surface area contributed by atoms with Crippen molar-refractivity contribution in [2.75, 3.05) is 0 Å². The summed E-state index contributed by atoms with van der Waals surface area (Å²) >= 11 is 14.1. The van der Waals surface area contributed by atoms with Crippen molar-refractivity contribution in [3.8, 4) is 5.69 Å². The summed E-state index contributed by atoms with van der Waals surface area (Å²) in [4.78, 5) is 13.4. The first-order chi connectivity index (χ1) is 14.3. The molecule has 0 spiro atoms. The lowest BCUT2D eigenvalue weighted by Crippen LogP contribution is -2.26. The van der Waals surface area contributed by atoms with Crippen LogP contribution >= 0.6 is 35.0 Å². The van der Waals surface area contributed by atoms with E-state index in [-0.39, 0.29) is 11.2 Å². The van der Waals surface area contributed by atoms with Crippen molar-refractivity contribution >= 4 is 47.1 Å². The molecule has 7 heteroatoms. The molecule has 1 atom stereocenters. The number of hydrogen-bond acceptors (Lipinski definition) is 3. The lowest BCUT2D eigenvalue weighted by atomic mass is 10.2. The smallest absolute Gasteiger partial charge is 0.253 e. The highest BCUT2D eigenvalue weighted by molar-refractivity contribution is 8.00. The van der Waals surface area contributed by atoms with Crippen LogP contribution in [0.5, 0.6) is 0 Å². The molecule has 2 aromatic carbocycles. The number of thioether (sulfide) groups is 1. The van der Waals surface area contributed by atoms with E-state index in [4.69, 9.17) is 23.2 Å². The molecule has 4 nitrogen and oxygen atoms in total. The van der Waals surface area contributed by atoms with Gasteiger partial charge in [0.1, 0.15) is 0 Å². The maximum absolute atomic E-state index is 12.4. The molecule has 0 unspecified atom stereocenters. The van der Waals surface area contributed by atoms with Gasteiger partial charge in [-0.3, -0.25) is 4.79 Å². The van der Waals surface area contributed by atoms with Crippen LogP contribution in [0.2, 0.25) is 10.0 Å². The number of rotatable bonds is 6. The molecule has 0 aliphatic rings. The van der Waals surface area contributed by atoms with E-state index in [2.05, 4.69) is 10.5 Å². The van der Waals surface area contributed by atoms with E-state index in [9.17, 15) is 4.79 Å². The fourth-order valence-corrected chi connectivity index (χ4v) is 4.33. The Hall–Kier alpha value is -2.21. The second-order valence-corrected chi connectivity index (χ2v) is 9.24. The number of aromatic nitrogens is 1. The number of amides is 1. The third-order valence-corrected chi connectivity index (χ3v) is 6.64. The SMILES string of the molecule is Cc1ccc(S[C@@H](C)C(=O)N/N=C\c2cc(C)n(-c3cccc(Cl)c3Cl)c2C)cc1. The first-order valence-electron chi connectivity index (χ1n) is 9.47. The van der Waals surface area contributed by atoms with E-state index in [0.717, 1.165) is 27.5 Å². The predicted octanol–water partition coefficient (Wildman–Crippen LogP) is 6.34. The molecular weight excluding hydrogens is 437 g/mol. The molecule has 0 aliphatic carbocycles. The fourth-order valence-electron chi connectivity index (χ4n) is 3.08. The van der Waals surface area contributed by atoms with Gasteiger partial charge in [-0.1, -0.05) is 47.0 Å². The lowest BCUT2D eigenvalue weighted by Gasteiger charge is -2.12. The second-order valence-electron chi connectivity index (χ2n) is 7.04. The maximum Gasteiger partial charge on any atom is 0.253 e. The Kier molecular flexibility index (Phi) is 7.29. The summed E-state index contributed by atoms with van der Waals surface area (Å²) in [6, 6.07) is 15.6. The van der Waals surface area contributed by atoms with Crippen LogP contribution in [0.25, 0.3) is 5.69 Å². The number of carbonyl (C=O) groups is 1. The third kappa shape index (κ3) is 5.09. The van der Waals surface area contributed by atoms with Crippen molar-refractivity contribution in [1.29, 1.82) is 0 Å². The van der Waals surface area contributed by atoms with Crippen molar-refractivity contribution in [3.05, 3.63) is 81.1 Å². The average molecular weight is 460 g/mol. The summed E-state index contributed by atoms with van der Waals surface area (Å²) < 4.78 is 2.02. The Morgan fingerprint density at radius 1 is 1.13 bits per heavy atom. The molecule has 30 heavy (non-hydrogen) atoms. The van der Waals surface area contributed by atoms with Crippen LogP contribution in [-0.2, 0) is 4.79 Å². The Bertz CT molecular complexity index is 1090. The summed E-state index contributed by atoms with van der Waals surface area (Å²) in [6.45, 7) is 7.86. The van der Waals surface area contributed by atoms with Crippen molar-refractivity contribution in [2.45, 2.75) is 37.8 Å². The Balaban J connectivity index is 1.70. The standard InChI is InChI=1S/C23H23Cl2N3OS/c1-14-8-10-19(11-9-14)30-17(4)23(29)27-26-13-18-12-15(2)28(16(18)3)21-7-5-6-20(24)22(21)25/h5-13,17H,1-4H3,(H,27,29)/b26-13-/t17-/m0/s1. The van der Waals surface area contributed by atoms with Crippen molar-refractivity contribution in [2.24, 2.45) is 5.10 Å². The molecule has 1 aromatic heterocycles. The first kappa shape index (κ1) is 22.5. The van der Waals surface area contributed by atoms with Gasteiger partial charge < -0.3 is 4.57 Å². The molecule has 1 amide bonds. The van der Waals surface area contributed by atoms with Gasteiger partial charge in [0, 0.05) is 21.8 Å². The zero-order chi connectivity index (χ0) is 21.8. The van der Waals surface area contributed by atoms with Crippen LogP contribution in [0.4, 0.5) is 0 Å². The summed E-state index contributed by atoms with van der Waals surface area (Å²) in [5, 5.41) is 4.90. The van der Waals surface area contributed by atoms with Gasteiger partial charge in [0.05, 0.1) is 27.2 Å². The molecule has 0 saturated carbocycles. The van der Waals surface area contributed by atoms with Gasteiger partial charge in [-0.25, -0.2) is 5.43 Å². The molecule has 156 valence electrons. The van der Waals surface area contributed by atoms with Crippen LogP contribution in [0.15, 0.2) is 58.5 Å². The van der Waals surface area contributed by atoms with Crippen molar-refractivity contribution in [1.82, 2.24) is 9.99 Å². The number of hydrogen-bond donors (Lipinski definition) is 1. The van der Waals surface area contributed by atoms with Crippen LogP contribution in [-0.4, -0.2) is 21.9 Å². The van der Waals surface area contributed by atoms with E-state index in [0.29, 0.717) is 10.0 Å². The number of aryl methyl sites for hydroxylation is 2. The van der Waals surface area contributed by atoms with Crippen molar-refractivity contribution in [3.63, 3.8) is 0 Å². The highest BCUT2D eigenvalue weighted by atomic mass is 35.5. The first-order valence-corrected chi connectivity index (χ1v) is 11.1. The van der Waals surface area contributed by atoms with Crippen molar-refractivity contribution < 1.29 is 4.79 Å². The van der Waals surface area contributed by atoms with E-state index < -0.39 is 0 Å². The fraction of sp³-hybridized carbons (Fsp3) is 0.217. The molecule has 0 saturated heterocycles. The quantitative estimate of drug-likeness (QED) is 0.265. The summed E-state index contributed by atoms with van der Waals surface area (Å²) in [6.07, 6.45) is 1.65. The van der Waals surface area contributed by atoms with Gasteiger partial charge >= 0.3 is 0 Å². The largest absolute Gasteiger partial charge is 0.316 e. The van der Waals surface area contributed by atoms with Gasteiger partial charge in [0.2, 0.25) is 0 Å². The molecule has 3 rings (SSSR count). The van der Waals surface area contributed by atoms with Gasteiger partial charge in [-0.05, 0) is 58.0 Å². The minimum absolute atomic E-state index is 0.150. The van der Waals surface area contributed by atoms with Crippen LogP contribution in [0, 0.1) is 20.8 Å². The predicted molar refractivity (Wildman–Crippen MR) is 127 cm³/mol. The van der Waals surface area contributed by atoms with Gasteiger partial charge in [0.15, 0.2) is 0 Å². The summed E-state index contributed by atoms with van der Waals surface area (Å²) in [7, 11) is 0. The number of halogens is 2. The Morgan fingerprint density at radius 3 is 2.53 bits per heavy atom. The van der Waals surface area contributed by atoms with E-state index in [1.165, 1.54) is 17.3 Å². The summed E-state index contributed by atoms with van der Waals surface area (Å²) in [5.74, 6) is -0.150. The second kappa shape index (κ2) is 9.73. The number of nitrogens with zero attached hydrogens (tertiary/aromatic N) is 2. The molecule has 0 aliphatic heterocycles. The molecule has 0 fully saturated rings. The van der Waals surface area contributed by atoms with Crippen LogP contribution in [0.1, 0.15) is 29.4 Å². The monoisotopic (exact) mass is 459 g/mol. The average Bonchev–Trinajstić information content (AvgIpc) is 2.99. The molecule has 0 radical (unpaired) electrons. The van der Waals surface area contributed by atoms with Gasteiger partial charge in [-0.2, -0.15) is 5.10 Å².